The van der Waals surface area contributed by atoms with Gasteiger partial charge in [-0.1, -0.05) is 0 Å². The smallest absolute Gasteiger partial charge is 0.266 e. The standard InChI is InChI=1S/C14H14BrNO3S/c1-2-19-12-4-3-10(7-9(12)8-17)16-14(18)13-11(15)5-6-20-13/h3-7,17H,2,8H2,1H3,(H,16,18). The number of aliphatic hydroxyl groups is 1. The lowest BCUT2D eigenvalue weighted by atomic mass is 10.2. The molecule has 106 valence electrons. The van der Waals surface area contributed by atoms with Crippen LogP contribution in [0.4, 0.5) is 5.69 Å². The molecule has 0 saturated carbocycles. The Hall–Kier alpha value is -1.37. The molecule has 0 saturated heterocycles. The van der Waals surface area contributed by atoms with Gasteiger partial charge < -0.3 is 15.2 Å². The molecular formula is C14H14BrNO3S. The average molecular weight is 356 g/mol. The van der Waals surface area contributed by atoms with Crippen LogP contribution in [0.15, 0.2) is 34.1 Å². The number of nitrogens with one attached hydrogen (secondary N) is 1. The molecule has 0 unspecified atom stereocenters. The van der Waals surface area contributed by atoms with E-state index in [-0.39, 0.29) is 12.5 Å². The number of ether oxygens (including phenoxy) is 1. The summed E-state index contributed by atoms with van der Waals surface area (Å²) in [5, 5.41) is 14.0. The molecule has 1 amide bonds. The molecule has 0 bridgehead atoms. The third-order valence-corrected chi connectivity index (χ3v) is 4.45. The van der Waals surface area contributed by atoms with Gasteiger partial charge in [0.25, 0.3) is 5.91 Å². The third kappa shape index (κ3) is 3.39. The van der Waals surface area contributed by atoms with Crippen molar-refractivity contribution < 1.29 is 14.6 Å². The molecule has 2 aromatic rings. The number of anilines is 1. The maximum atomic E-state index is 12.1. The maximum Gasteiger partial charge on any atom is 0.266 e. The van der Waals surface area contributed by atoms with Crippen molar-refractivity contribution in [3.05, 3.63) is 44.6 Å². The Balaban J connectivity index is 2.18. The van der Waals surface area contributed by atoms with Gasteiger partial charge in [-0.3, -0.25) is 4.79 Å². The van der Waals surface area contributed by atoms with E-state index in [4.69, 9.17) is 4.74 Å². The second-order valence-electron chi connectivity index (χ2n) is 3.97. The van der Waals surface area contributed by atoms with Gasteiger partial charge in [-0.05, 0) is 52.5 Å². The van der Waals surface area contributed by atoms with Gasteiger partial charge in [0.15, 0.2) is 0 Å². The first-order valence-corrected chi connectivity index (χ1v) is 7.74. The molecule has 1 aromatic carbocycles. The van der Waals surface area contributed by atoms with Crippen molar-refractivity contribution in [2.45, 2.75) is 13.5 Å². The van der Waals surface area contributed by atoms with Gasteiger partial charge >= 0.3 is 0 Å². The van der Waals surface area contributed by atoms with E-state index in [0.29, 0.717) is 28.5 Å². The fraction of sp³-hybridized carbons (Fsp3) is 0.214. The van der Waals surface area contributed by atoms with Crippen molar-refractivity contribution in [1.82, 2.24) is 0 Å². The minimum absolute atomic E-state index is 0.137. The third-order valence-electron chi connectivity index (χ3n) is 2.61. The van der Waals surface area contributed by atoms with Crippen LogP contribution in [0.1, 0.15) is 22.2 Å². The second-order valence-corrected chi connectivity index (χ2v) is 5.74. The Morgan fingerprint density at radius 2 is 2.25 bits per heavy atom. The first-order chi connectivity index (χ1) is 9.65. The number of carbonyl (C=O) groups is 1. The number of hydrogen-bond donors (Lipinski definition) is 2. The van der Waals surface area contributed by atoms with E-state index in [1.165, 1.54) is 11.3 Å². The summed E-state index contributed by atoms with van der Waals surface area (Å²) in [4.78, 5) is 12.7. The van der Waals surface area contributed by atoms with Gasteiger partial charge in [-0.15, -0.1) is 11.3 Å². The van der Waals surface area contributed by atoms with E-state index in [0.717, 1.165) is 4.47 Å². The van der Waals surface area contributed by atoms with Crippen LogP contribution in [0.5, 0.6) is 5.75 Å². The lowest BCUT2D eigenvalue weighted by Gasteiger charge is -2.11. The number of rotatable bonds is 5. The molecule has 20 heavy (non-hydrogen) atoms. The highest BCUT2D eigenvalue weighted by molar-refractivity contribution is 9.10. The molecule has 0 atom stereocenters. The van der Waals surface area contributed by atoms with Crippen LogP contribution in [0.2, 0.25) is 0 Å². The van der Waals surface area contributed by atoms with Crippen LogP contribution in [0.25, 0.3) is 0 Å². The summed E-state index contributed by atoms with van der Waals surface area (Å²) in [7, 11) is 0. The summed E-state index contributed by atoms with van der Waals surface area (Å²) in [6.45, 7) is 2.27. The van der Waals surface area contributed by atoms with Crippen molar-refractivity contribution in [3.8, 4) is 5.75 Å². The zero-order valence-corrected chi connectivity index (χ0v) is 13.3. The minimum atomic E-state index is -0.181. The molecule has 1 heterocycles. The summed E-state index contributed by atoms with van der Waals surface area (Å²) in [6, 6.07) is 7.04. The van der Waals surface area contributed by atoms with Gasteiger partial charge in [0.1, 0.15) is 10.6 Å². The normalized spacial score (nSPS) is 10.3. The predicted octanol–water partition coefficient (Wildman–Crippen LogP) is 3.65. The Morgan fingerprint density at radius 3 is 2.85 bits per heavy atom. The number of benzene rings is 1. The summed E-state index contributed by atoms with van der Waals surface area (Å²) in [5.41, 5.74) is 1.28. The lowest BCUT2D eigenvalue weighted by molar-refractivity contribution is 0.103. The van der Waals surface area contributed by atoms with Crippen molar-refractivity contribution >= 4 is 38.9 Å². The largest absolute Gasteiger partial charge is 0.494 e. The van der Waals surface area contributed by atoms with Gasteiger partial charge in [-0.2, -0.15) is 0 Å². The number of thiophene rings is 1. The number of amides is 1. The molecule has 6 heteroatoms. The van der Waals surface area contributed by atoms with Crippen molar-refractivity contribution in [1.29, 1.82) is 0 Å². The Bertz CT molecular complexity index is 612. The van der Waals surface area contributed by atoms with Gasteiger partial charge in [0.05, 0.1) is 13.2 Å². The highest BCUT2D eigenvalue weighted by atomic mass is 79.9. The molecule has 4 nitrogen and oxygen atoms in total. The lowest BCUT2D eigenvalue weighted by Crippen LogP contribution is -2.11. The zero-order valence-electron chi connectivity index (χ0n) is 10.9. The van der Waals surface area contributed by atoms with Crippen LogP contribution < -0.4 is 10.1 Å². The molecule has 1 aromatic heterocycles. The van der Waals surface area contributed by atoms with Crippen LogP contribution in [0, 0.1) is 0 Å². The quantitative estimate of drug-likeness (QED) is 0.860. The fourth-order valence-electron chi connectivity index (χ4n) is 1.72. The zero-order chi connectivity index (χ0) is 14.5. The average Bonchev–Trinajstić information content (AvgIpc) is 2.87. The molecule has 0 aliphatic rings. The predicted molar refractivity (Wildman–Crippen MR) is 83.5 cm³/mol. The van der Waals surface area contributed by atoms with Crippen LogP contribution >= 0.6 is 27.3 Å². The minimum Gasteiger partial charge on any atom is -0.494 e. The van der Waals surface area contributed by atoms with E-state index < -0.39 is 0 Å². The topological polar surface area (TPSA) is 58.6 Å². The fourth-order valence-corrected chi connectivity index (χ4v) is 3.17. The molecule has 0 radical (unpaired) electrons. The van der Waals surface area contributed by atoms with E-state index in [9.17, 15) is 9.90 Å². The van der Waals surface area contributed by atoms with E-state index >= 15 is 0 Å². The summed E-state index contributed by atoms with van der Waals surface area (Å²) in [6.07, 6.45) is 0. The first-order valence-electron chi connectivity index (χ1n) is 6.06. The monoisotopic (exact) mass is 355 g/mol. The van der Waals surface area contributed by atoms with Gasteiger partial charge in [-0.25, -0.2) is 0 Å². The molecule has 2 rings (SSSR count). The molecule has 2 N–H and O–H groups in total. The number of hydrogen-bond acceptors (Lipinski definition) is 4. The van der Waals surface area contributed by atoms with E-state index in [2.05, 4.69) is 21.2 Å². The van der Waals surface area contributed by atoms with Gasteiger partial charge in [0.2, 0.25) is 0 Å². The Morgan fingerprint density at radius 1 is 1.45 bits per heavy atom. The number of carbonyl (C=O) groups excluding carboxylic acids is 1. The van der Waals surface area contributed by atoms with Gasteiger partial charge in [0, 0.05) is 15.7 Å². The summed E-state index contributed by atoms with van der Waals surface area (Å²) >= 11 is 4.70. The van der Waals surface area contributed by atoms with E-state index in [1.807, 2.05) is 18.4 Å². The summed E-state index contributed by atoms with van der Waals surface area (Å²) in [5.74, 6) is 0.449. The van der Waals surface area contributed by atoms with E-state index in [1.54, 1.807) is 18.2 Å². The number of halogens is 1. The van der Waals surface area contributed by atoms with Crippen LogP contribution in [0.3, 0.4) is 0 Å². The van der Waals surface area contributed by atoms with Crippen molar-refractivity contribution in [3.63, 3.8) is 0 Å². The highest BCUT2D eigenvalue weighted by Gasteiger charge is 2.12. The maximum absolute atomic E-state index is 12.1. The number of aliphatic hydroxyl groups excluding tert-OH is 1. The van der Waals surface area contributed by atoms with Crippen LogP contribution in [-0.2, 0) is 6.61 Å². The molecule has 0 aliphatic heterocycles. The van der Waals surface area contributed by atoms with Crippen molar-refractivity contribution in [2.75, 3.05) is 11.9 Å². The Kier molecular flexibility index (Phi) is 5.17. The summed E-state index contributed by atoms with van der Waals surface area (Å²) < 4.78 is 6.17. The molecule has 0 fully saturated rings. The molecule has 0 aliphatic carbocycles. The Labute approximate surface area is 129 Å². The second kappa shape index (κ2) is 6.88. The first kappa shape index (κ1) is 15.0. The SMILES string of the molecule is CCOc1ccc(NC(=O)c2sccc2Br)cc1CO. The van der Waals surface area contributed by atoms with Crippen LogP contribution in [-0.4, -0.2) is 17.6 Å². The molecular weight excluding hydrogens is 342 g/mol. The molecule has 0 spiro atoms. The highest BCUT2D eigenvalue weighted by Crippen LogP contribution is 2.26. The van der Waals surface area contributed by atoms with Crippen molar-refractivity contribution in [2.24, 2.45) is 0 Å².